The quantitative estimate of drug-likeness (QED) is 0.735. The highest BCUT2D eigenvalue weighted by Gasteiger charge is 2.24. The van der Waals surface area contributed by atoms with Crippen molar-refractivity contribution in [3.63, 3.8) is 0 Å². The van der Waals surface area contributed by atoms with Crippen molar-refractivity contribution in [1.82, 2.24) is 5.32 Å². The smallest absolute Gasteiger partial charge is 0.335 e. The molecule has 2 rings (SSSR count). The summed E-state index contributed by atoms with van der Waals surface area (Å²) in [5.41, 5.74) is 1.78. The van der Waals surface area contributed by atoms with E-state index in [0.29, 0.717) is 0 Å². The zero-order valence-electron chi connectivity index (χ0n) is 15.6. The molecule has 0 aliphatic carbocycles. The van der Waals surface area contributed by atoms with Crippen molar-refractivity contribution < 1.29 is 23.8 Å². The summed E-state index contributed by atoms with van der Waals surface area (Å²) in [6.07, 6.45) is -0.657. The molecule has 0 fully saturated rings. The summed E-state index contributed by atoms with van der Waals surface area (Å²) in [7, 11) is 0. The topological polar surface area (TPSA) is 75.6 Å². The Labute approximate surface area is 158 Å². The SMILES string of the molecule is CC(C)C(OCc1ccc(F)cc1)C(=O)N[C@@H](C)c1ccc(C(=O)O)cc1. The minimum atomic E-state index is -0.993. The first kappa shape index (κ1) is 20.6. The van der Waals surface area contributed by atoms with E-state index >= 15 is 0 Å². The number of carbonyl (C=O) groups excluding carboxylic acids is 1. The summed E-state index contributed by atoms with van der Waals surface area (Å²) < 4.78 is 18.7. The molecule has 0 saturated heterocycles. The number of carboxylic acids is 1. The van der Waals surface area contributed by atoms with E-state index in [-0.39, 0.29) is 35.9 Å². The van der Waals surface area contributed by atoms with Crippen LogP contribution in [0, 0.1) is 11.7 Å². The van der Waals surface area contributed by atoms with E-state index in [1.54, 1.807) is 24.3 Å². The fourth-order valence-corrected chi connectivity index (χ4v) is 2.63. The number of carbonyl (C=O) groups is 2. The van der Waals surface area contributed by atoms with Crippen LogP contribution in [0.4, 0.5) is 4.39 Å². The van der Waals surface area contributed by atoms with Crippen molar-refractivity contribution in [3.8, 4) is 0 Å². The highest BCUT2D eigenvalue weighted by molar-refractivity contribution is 5.87. The van der Waals surface area contributed by atoms with Gasteiger partial charge >= 0.3 is 5.97 Å². The molecule has 0 aliphatic rings. The largest absolute Gasteiger partial charge is 0.478 e. The van der Waals surface area contributed by atoms with E-state index in [1.807, 2.05) is 20.8 Å². The fourth-order valence-electron chi connectivity index (χ4n) is 2.63. The number of nitrogens with one attached hydrogen (secondary N) is 1. The van der Waals surface area contributed by atoms with Gasteiger partial charge in [-0.05, 0) is 48.2 Å². The molecular formula is C21H24FNO4. The molecule has 1 amide bonds. The van der Waals surface area contributed by atoms with Crippen LogP contribution in [0.2, 0.25) is 0 Å². The van der Waals surface area contributed by atoms with E-state index in [4.69, 9.17) is 9.84 Å². The molecule has 2 aromatic rings. The van der Waals surface area contributed by atoms with Gasteiger partial charge in [-0.25, -0.2) is 9.18 Å². The van der Waals surface area contributed by atoms with Gasteiger partial charge in [-0.1, -0.05) is 38.1 Å². The molecule has 27 heavy (non-hydrogen) atoms. The van der Waals surface area contributed by atoms with E-state index in [2.05, 4.69) is 5.32 Å². The monoisotopic (exact) mass is 373 g/mol. The van der Waals surface area contributed by atoms with Gasteiger partial charge in [0.25, 0.3) is 0 Å². The Morgan fingerprint density at radius 1 is 1.04 bits per heavy atom. The fraction of sp³-hybridized carbons (Fsp3) is 0.333. The van der Waals surface area contributed by atoms with Crippen LogP contribution in [0.5, 0.6) is 0 Å². The third kappa shape index (κ3) is 5.89. The molecule has 0 bridgehead atoms. The summed E-state index contributed by atoms with van der Waals surface area (Å²) >= 11 is 0. The Hall–Kier alpha value is -2.73. The Kier molecular flexibility index (Phi) is 7.07. The zero-order valence-corrected chi connectivity index (χ0v) is 15.6. The standard InChI is InChI=1S/C21H24FNO4/c1-13(2)19(27-12-15-4-10-18(22)11-5-15)20(24)23-14(3)16-6-8-17(9-7-16)21(25)26/h4-11,13-14,19H,12H2,1-3H3,(H,23,24)(H,25,26)/t14-,19?/m0/s1. The molecule has 2 N–H and O–H groups in total. The maximum absolute atomic E-state index is 13.0. The van der Waals surface area contributed by atoms with Crippen molar-refractivity contribution in [2.75, 3.05) is 0 Å². The predicted octanol–water partition coefficient (Wildman–Crippen LogP) is 3.94. The number of halogens is 1. The third-order valence-electron chi connectivity index (χ3n) is 4.22. The molecule has 1 unspecified atom stereocenters. The van der Waals surface area contributed by atoms with Gasteiger partial charge in [0.1, 0.15) is 11.9 Å². The number of benzene rings is 2. The lowest BCUT2D eigenvalue weighted by Crippen LogP contribution is -2.40. The lowest BCUT2D eigenvalue weighted by atomic mass is 10.0. The number of ether oxygens (including phenoxy) is 1. The normalized spacial score (nSPS) is 13.2. The summed E-state index contributed by atoms with van der Waals surface area (Å²) in [5.74, 6) is -1.61. The van der Waals surface area contributed by atoms with Crippen molar-refractivity contribution in [3.05, 3.63) is 71.0 Å². The predicted molar refractivity (Wildman–Crippen MR) is 99.8 cm³/mol. The molecule has 6 heteroatoms. The van der Waals surface area contributed by atoms with Gasteiger partial charge < -0.3 is 15.2 Å². The van der Waals surface area contributed by atoms with Crippen molar-refractivity contribution in [2.45, 2.75) is 39.5 Å². The molecule has 0 aromatic heterocycles. The molecule has 0 spiro atoms. The van der Waals surface area contributed by atoms with Gasteiger partial charge in [-0.15, -0.1) is 0 Å². The van der Waals surface area contributed by atoms with Crippen LogP contribution in [0.3, 0.4) is 0 Å². The van der Waals surface area contributed by atoms with Gasteiger partial charge in [0.05, 0.1) is 18.2 Å². The van der Waals surface area contributed by atoms with Crippen molar-refractivity contribution in [2.24, 2.45) is 5.92 Å². The Morgan fingerprint density at radius 2 is 1.63 bits per heavy atom. The lowest BCUT2D eigenvalue weighted by molar-refractivity contribution is -0.137. The van der Waals surface area contributed by atoms with Crippen molar-refractivity contribution >= 4 is 11.9 Å². The second kappa shape index (κ2) is 9.28. The first-order chi connectivity index (χ1) is 12.8. The van der Waals surface area contributed by atoms with Crippen LogP contribution in [0.25, 0.3) is 0 Å². The lowest BCUT2D eigenvalue weighted by Gasteiger charge is -2.23. The summed E-state index contributed by atoms with van der Waals surface area (Å²) in [4.78, 5) is 23.6. The zero-order chi connectivity index (χ0) is 20.0. The summed E-state index contributed by atoms with van der Waals surface area (Å²) in [6, 6.07) is 12.0. The minimum Gasteiger partial charge on any atom is -0.478 e. The van der Waals surface area contributed by atoms with E-state index in [9.17, 15) is 14.0 Å². The summed E-state index contributed by atoms with van der Waals surface area (Å²) in [6.45, 7) is 5.81. The summed E-state index contributed by atoms with van der Waals surface area (Å²) in [5, 5.41) is 11.9. The number of carboxylic acid groups (broad SMARTS) is 1. The van der Waals surface area contributed by atoms with Crippen LogP contribution in [0.15, 0.2) is 48.5 Å². The Bertz CT molecular complexity index is 772. The first-order valence-corrected chi connectivity index (χ1v) is 8.77. The average Bonchev–Trinajstić information content (AvgIpc) is 2.63. The van der Waals surface area contributed by atoms with Crippen LogP contribution in [0.1, 0.15) is 48.3 Å². The molecule has 0 saturated carbocycles. The highest BCUT2D eigenvalue weighted by Crippen LogP contribution is 2.17. The van der Waals surface area contributed by atoms with Gasteiger partial charge in [0.2, 0.25) is 5.91 Å². The maximum Gasteiger partial charge on any atom is 0.335 e. The number of rotatable bonds is 8. The maximum atomic E-state index is 13.0. The molecule has 2 atom stereocenters. The Balaban J connectivity index is 1.98. The van der Waals surface area contributed by atoms with E-state index in [1.165, 1.54) is 24.3 Å². The average molecular weight is 373 g/mol. The van der Waals surface area contributed by atoms with Gasteiger partial charge in [-0.2, -0.15) is 0 Å². The van der Waals surface area contributed by atoms with Crippen molar-refractivity contribution in [1.29, 1.82) is 0 Å². The van der Waals surface area contributed by atoms with Crippen LogP contribution in [-0.2, 0) is 16.1 Å². The number of hydrogen-bond acceptors (Lipinski definition) is 3. The molecule has 0 radical (unpaired) electrons. The number of amides is 1. The van der Waals surface area contributed by atoms with E-state index < -0.39 is 12.1 Å². The van der Waals surface area contributed by atoms with Crippen LogP contribution < -0.4 is 5.32 Å². The highest BCUT2D eigenvalue weighted by atomic mass is 19.1. The van der Waals surface area contributed by atoms with Gasteiger partial charge in [-0.3, -0.25) is 4.79 Å². The van der Waals surface area contributed by atoms with Gasteiger partial charge in [0, 0.05) is 0 Å². The minimum absolute atomic E-state index is 0.0490. The first-order valence-electron chi connectivity index (χ1n) is 8.77. The number of aromatic carboxylic acids is 1. The molecule has 2 aromatic carbocycles. The van der Waals surface area contributed by atoms with Crippen LogP contribution in [-0.4, -0.2) is 23.1 Å². The molecular weight excluding hydrogens is 349 g/mol. The second-order valence-corrected chi connectivity index (χ2v) is 6.76. The molecule has 0 heterocycles. The third-order valence-corrected chi connectivity index (χ3v) is 4.22. The van der Waals surface area contributed by atoms with E-state index in [0.717, 1.165) is 11.1 Å². The van der Waals surface area contributed by atoms with Crippen LogP contribution >= 0.6 is 0 Å². The molecule has 5 nitrogen and oxygen atoms in total. The second-order valence-electron chi connectivity index (χ2n) is 6.76. The Morgan fingerprint density at radius 3 is 2.15 bits per heavy atom. The molecule has 0 aliphatic heterocycles. The molecule has 144 valence electrons. The number of hydrogen-bond donors (Lipinski definition) is 2. The van der Waals surface area contributed by atoms with Gasteiger partial charge in [0.15, 0.2) is 0 Å².